The average molecular weight is 365 g/mol. The monoisotopic (exact) mass is 365 g/mol. The molecule has 1 aliphatic rings. The predicted octanol–water partition coefficient (Wildman–Crippen LogP) is 3.16. The number of ether oxygens (including phenoxy) is 1. The molecule has 4 rings (SSSR count). The first kappa shape index (κ1) is 17.8. The molecule has 6 nitrogen and oxygen atoms in total. The molecule has 0 bridgehead atoms. The Morgan fingerprint density at radius 1 is 1.07 bits per heavy atom. The second kappa shape index (κ2) is 7.19. The minimum atomic E-state index is 0.844. The summed E-state index contributed by atoms with van der Waals surface area (Å²) in [5.74, 6) is 1.97. The van der Waals surface area contributed by atoms with Gasteiger partial charge in [-0.05, 0) is 26.5 Å². The lowest BCUT2D eigenvalue weighted by molar-refractivity contribution is 0.270. The van der Waals surface area contributed by atoms with Crippen LogP contribution in [0.15, 0.2) is 30.3 Å². The highest BCUT2D eigenvalue weighted by Gasteiger charge is 2.23. The summed E-state index contributed by atoms with van der Waals surface area (Å²) < 4.78 is 7.60. The van der Waals surface area contributed by atoms with Crippen molar-refractivity contribution in [1.29, 1.82) is 0 Å². The van der Waals surface area contributed by atoms with Gasteiger partial charge in [0.25, 0.3) is 0 Å². The number of nitrogens with zero attached hydrogens (tertiary/aromatic N) is 5. The van der Waals surface area contributed by atoms with Crippen LogP contribution < -0.4 is 9.64 Å². The lowest BCUT2D eigenvalue weighted by Crippen LogP contribution is -2.46. The third-order valence-corrected chi connectivity index (χ3v) is 5.39. The molecule has 0 amide bonds. The molecular weight excluding hydrogens is 338 g/mol. The van der Waals surface area contributed by atoms with Gasteiger partial charge in [0.15, 0.2) is 5.65 Å². The molecule has 0 saturated carbocycles. The zero-order chi connectivity index (χ0) is 19.0. The number of piperazine rings is 1. The molecule has 1 aliphatic heterocycles. The van der Waals surface area contributed by atoms with Gasteiger partial charge in [-0.15, -0.1) is 0 Å². The maximum Gasteiger partial charge on any atom is 0.165 e. The summed E-state index contributed by atoms with van der Waals surface area (Å²) in [5.41, 5.74) is 4.94. The second-order valence-electron chi connectivity index (χ2n) is 7.07. The number of fused-ring (bicyclic) bond motifs is 1. The van der Waals surface area contributed by atoms with Gasteiger partial charge in [0.2, 0.25) is 0 Å². The number of aromatic nitrogens is 3. The van der Waals surface area contributed by atoms with Crippen LogP contribution in [0.2, 0.25) is 0 Å². The molecular formula is C21H27N5O. The van der Waals surface area contributed by atoms with Crippen molar-refractivity contribution in [3.8, 4) is 16.9 Å². The number of para-hydroxylation sites is 1. The van der Waals surface area contributed by atoms with Crippen LogP contribution in [0.5, 0.6) is 5.75 Å². The Morgan fingerprint density at radius 3 is 2.52 bits per heavy atom. The maximum atomic E-state index is 5.59. The van der Waals surface area contributed by atoms with E-state index in [4.69, 9.17) is 14.8 Å². The largest absolute Gasteiger partial charge is 0.496 e. The van der Waals surface area contributed by atoms with E-state index in [1.54, 1.807) is 7.11 Å². The van der Waals surface area contributed by atoms with Crippen molar-refractivity contribution in [2.75, 3.05) is 44.7 Å². The summed E-state index contributed by atoms with van der Waals surface area (Å²) in [6.07, 6.45) is 0. The Kier molecular flexibility index (Phi) is 4.74. The third kappa shape index (κ3) is 3.14. The Balaban J connectivity index is 1.85. The van der Waals surface area contributed by atoms with Crippen LogP contribution in [0.1, 0.15) is 18.3 Å². The van der Waals surface area contributed by atoms with Gasteiger partial charge in [-0.25, -0.2) is 4.98 Å². The topological polar surface area (TPSA) is 45.9 Å². The highest BCUT2D eigenvalue weighted by Crippen LogP contribution is 2.35. The van der Waals surface area contributed by atoms with Crippen LogP contribution in [0.25, 0.3) is 16.8 Å². The summed E-state index contributed by atoms with van der Waals surface area (Å²) in [7, 11) is 1.71. The van der Waals surface area contributed by atoms with Crippen LogP contribution in [-0.2, 0) is 0 Å². The zero-order valence-electron chi connectivity index (χ0n) is 16.6. The maximum absolute atomic E-state index is 5.59. The van der Waals surface area contributed by atoms with Gasteiger partial charge in [-0.1, -0.05) is 25.1 Å². The number of rotatable bonds is 4. The fraction of sp³-hybridized carbons (Fsp3) is 0.429. The number of aryl methyl sites for hydroxylation is 2. The molecule has 3 aromatic rings. The fourth-order valence-electron chi connectivity index (χ4n) is 3.91. The molecule has 0 unspecified atom stereocenters. The first-order valence-corrected chi connectivity index (χ1v) is 9.60. The summed E-state index contributed by atoms with van der Waals surface area (Å²) in [5, 5.41) is 4.86. The normalized spacial score (nSPS) is 15.5. The molecule has 1 aromatic carbocycles. The molecule has 1 fully saturated rings. The first-order chi connectivity index (χ1) is 13.1. The second-order valence-corrected chi connectivity index (χ2v) is 7.07. The average Bonchev–Trinajstić information content (AvgIpc) is 3.02. The molecule has 142 valence electrons. The van der Waals surface area contributed by atoms with Crippen molar-refractivity contribution in [3.05, 3.63) is 41.7 Å². The van der Waals surface area contributed by atoms with Crippen molar-refractivity contribution >= 4 is 11.5 Å². The van der Waals surface area contributed by atoms with Crippen molar-refractivity contribution in [1.82, 2.24) is 19.5 Å². The van der Waals surface area contributed by atoms with E-state index < -0.39 is 0 Å². The van der Waals surface area contributed by atoms with Gasteiger partial charge >= 0.3 is 0 Å². The summed E-state index contributed by atoms with van der Waals surface area (Å²) >= 11 is 0. The Labute approximate surface area is 160 Å². The van der Waals surface area contributed by atoms with E-state index in [1.165, 1.54) is 0 Å². The molecule has 2 aromatic heterocycles. The van der Waals surface area contributed by atoms with Crippen molar-refractivity contribution < 1.29 is 4.74 Å². The van der Waals surface area contributed by atoms with Crippen LogP contribution in [-0.4, -0.2) is 59.3 Å². The molecule has 0 N–H and O–H groups in total. The number of anilines is 1. The number of hydrogen-bond acceptors (Lipinski definition) is 5. The molecule has 27 heavy (non-hydrogen) atoms. The van der Waals surface area contributed by atoms with E-state index in [1.807, 2.05) is 29.6 Å². The van der Waals surface area contributed by atoms with Gasteiger partial charge in [-0.2, -0.15) is 9.61 Å². The molecule has 6 heteroatoms. The van der Waals surface area contributed by atoms with Gasteiger partial charge in [0.05, 0.1) is 18.4 Å². The van der Waals surface area contributed by atoms with Crippen LogP contribution in [0.4, 0.5) is 5.82 Å². The molecule has 3 heterocycles. The van der Waals surface area contributed by atoms with Crippen molar-refractivity contribution in [2.45, 2.75) is 20.8 Å². The SMILES string of the molecule is CCN1CCN(c2cc(C)nc3c(-c4ccccc4OC)c(C)nn23)CC1. The molecule has 0 atom stereocenters. The van der Waals surface area contributed by atoms with Crippen molar-refractivity contribution in [3.63, 3.8) is 0 Å². The van der Waals surface area contributed by atoms with E-state index in [9.17, 15) is 0 Å². The standard InChI is InChI=1S/C21H27N5O/c1-5-24-10-12-25(13-11-24)19-14-15(2)22-21-20(16(3)23-26(19)21)17-8-6-7-9-18(17)27-4/h6-9,14H,5,10-13H2,1-4H3. The fourth-order valence-corrected chi connectivity index (χ4v) is 3.91. The zero-order valence-corrected chi connectivity index (χ0v) is 16.6. The van der Waals surface area contributed by atoms with Crippen molar-refractivity contribution in [2.24, 2.45) is 0 Å². The Bertz CT molecular complexity index is 957. The van der Waals surface area contributed by atoms with E-state index >= 15 is 0 Å². The van der Waals surface area contributed by atoms with Crippen LogP contribution in [0.3, 0.4) is 0 Å². The van der Waals surface area contributed by atoms with Crippen LogP contribution >= 0.6 is 0 Å². The van der Waals surface area contributed by atoms with E-state index in [0.717, 1.165) is 72.5 Å². The van der Waals surface area contributed by atoms with E-state index in [-0.39, 0.29) is 0 Å². The predicted molar refractivity (Wildman–Crippen MR) is 109 cm³/mol. The Morgan fingerprint density at radius 2 is 1.81 bits per heavy atom. The van der Waals surface area contributed by atoms with Crippen LogP contribution in [0, 0.1) is 13.8 Å². The summed E-state index contributed by atoms with van der Waals surface area (Å²) in [4.78, 5) is 9.75. The molecule has 0 radical (unpaired) electrons. The van der Waals surface area contributed by atoms with E-state index in [0.29, 0.717) is 0 Å². The summed E-state index contributed by atoms with van der Waals surface area (Å²) in [6.45, 7) is 11.6. The minimum Gasteiger partial charge on any atom is -0.496 e. The lowest BCUT2D eigenvalue weighted by Gasteiger charge is -2.35. The summed E-state index contributed by atoms with van der Waals surface area (Å²) in [6, 6.07) is 10.2. The molecule has 1 saturated heterocycles. The van der Waals surface area contributed by atoms with E-state index in [2.05, 4.69) is 35.8 Å². The molecule has 0 aliphatic carbocycles. The first-order valence-electron chi connectivity index (χ1n) is 9.60. The molecule has 0 spiro atoms. The highest BCUT2D eigenvalue weighted by molar-refractivity contribution is 5.84. The van der Waals surface area contributed by atoms with Gasteiger partial charge in [-0.3, -0.25) is 0 Å². The Hall–Kier alpha value is -2.60. The minimum absolute atomic E-state index is 0.844. The third-order valence-electron chi connectivity index (χ3n) is 5.39. The highest BCUT2D eigenvalue weighted by atomic mass is 16.5. The lowest BCUT2D eigenvalue weighted by atomic mass is 10.1. The van der Waals surface area contributed by atoms with Gasteiger partial charge < -0.3 is 14.5 Å². The van der Waals surface area contributed by atoms with Gasteiger partial charge in [0.1, 0.15) is 11.6 Å². The number of methoxy groups -OCH3 is 1. The number of likely N-dealkylation sites (N-methyl/N-ethyl adjacent to an activating group) is 1. The smallest absolute Gasteiger partial charge is 0.165 e. The number of hydrogen-bond donors (Lipinski definition) is 0. The van der Waals surface area contributed by atoms with Gasteiger partial charge in [0, 0.05) is 43.5 Å². The number of benzene rings is 1. The quantitative estimate of drug-likeness (QED) is 0.711.